The van der Waals surface area contributed by atoms with Crippen LogP contribution >= 0.6 is 0 Å². The summed E-state index contributed by atoms with van der Waals surface area (Å²) in [5, 5.41) is 13.1. The Kier molecular flexibility index (Phi) is 2.44. The molecule has 0 bridgehead atoms. The zero-order chi connectivity index (χ0) is 13.6. The predicted molar refractivity (Wildman–Crippen MR) is 67.6 cm³/mol. The molecule has 0 aliphatic carbocycles. The van der Waals surface area contributed by atoms with Crippen LogP contribution in [0.4, 0.5) is 0 Å². The van der Waals surface area contributed by atoms with Crippen LogP contribution in [0.2, 0.25) is 0 Å². The molecule has 0 fully saturated rings. The van der Waals surface area contributed by atoms with E-state index in [0.29, 0.717) is 17.0 Å². The van der Waals surface area contributed by atoms with Gasteiger partial charge in [-0.25, -0.2) is 13.6 Å². The first-order valence-electron chi connectivity index (χ1n) is 5.37. The van der Waals surface area contributed by atoms with Crippen LogP contribution in [0.25, 0.3) is 22.4 Å². The van der Waals surface area contributed by atoms with Crippen molar-refractivity contribution in [1.29, 1.82) is 0 Å². The molecule has 3 rings (SSSR count). The van der Waals surface area contributed by atoms with E-state index in [4.69, 9.17) is 9.56 Å². The van der Waals surface area contributed by atoms with E-state index in [1.165, 1.54) is 17.9 Å². The van der Waals surface area contributed by atoms with E-state index in [-0.39, 0.29) is 5.16 Å². The molecule has 8 heteroatoms. The highest BCUT2D eigenvalue weighted by Gasteiger charge is 2.21. The van der Waals surface area contributed by atoms with Gasteiger partial charge in [0.2, 0.25) is 0 Å². The lowest BCUT2D eigenvalue weighted by Gasteiger charge is -2.00. The number of rotatable bonds is 2. The van der Waals surface area contributed by atoms with Gasteiger partial charge in [0.05, 0.1) is 5.56 Å². The molecule has 3 aromatic rings. The van der Waals surface area contributed by atoms with Crippen LogP contribution in [-0.4, -0.2) is 23.2 Å². The number of sulfonamides is 1. The Bertz CT molecular complexity index is 863. The third-order valence-electron chi connectivity index (χ3n) is 2.81. The van der Waals surface area contributed by atoms with E-state index >= 15 is 0 Å². The van der Waals surface area contributed by atoms with Crippen molar-refractivity contribution >= 4 is 21.0 Å². The van der Waals surface area contributed by atoms with Gasteiger partial charge in [0, 0.05) is 12.4 Å². The van der Waals surface area contributed by atoms with Gasteiger partial charge in [-0.2, -0.15) is 0 Å². The summed E-state index contributed by atoms with van der Waals surface area (Å²) < 4.78 is 29.4. The zero-order valence-electron chi connectivity index (χ0n) is 9.94. The van der Waals surface area contributed by atoms with E-state index < -0.39 is 10.0 Å². The Morgan fingerprint density at radius 3 is 2.68 bits per heavy atom. The second-order valence-corrected chi connectivity index (χ2v) is 5.51. The molecule has 0 amide bonds. The van der Waals surface area contributed by atoms with Gasteiger partial charge in [0.25, 0.3) is 15.2 Å². The van der Waals surface area contributed by atoms with Gasteiger partial charge >= 0.3 is 0 Å². The van der Waals surface area contributed by atoms with Crippen LogP contribution in [0.3, 0.4) is 0 Å². The van der Waals surface area contributed by atoms with E-state index in [0.717, 1.165) is 5.39 Å². The summed E-state index contributed by atoms with van der Waals surface area (Å²) in [5.41, 5.74) is 1.36. The minimum Gasteiger partial charge on any atom is -0.464 e. The Hall–Kier alpha value is -2.19. The zero-order valence-corrected chi connectivity index (χ0v) is 10.8. The highest BCUT2D eigenvalue weighted by Crippen LogP contribution is 2.29. The SMILES string of the molecule is Cn1c(-c2coc3ccccc23)nnc1S(N)(=O)=O. The molecule has 1 aromatic carbocycles. The van der Waals surface area contributed by atoms with Crippen molar-refractivity contribution < 1.29 is 12.8 Å². The highest BCUT2D eigenvalue weighted by molar-refractivity contribution is 7.89. The highest BCUT2D eigenvalue weighted by atomic mass is 32.2. The lowest BCUT2D eigenvalue weighted by Crippen LogP contribution is -2.17. The summed E-state index contributed by atoms with van der Waals surface area (Å²) in [7, 11) is -2.36. The molecular formula is C11H10N4O3S. The van der Waals surface area contributed by atoms with Crippen LogP contribution in [0.5, 0.6) is 0 Å². The third-order valence-corrected chi connectivity index (χ3v) is 3.68. The van der Waals surface area contributed by atoms with Crippen molar-refractivity contribution in [2.24, 2.45) is 12.2 Å². The maximum atomic E-state index is 11.3. The number of furan rings is 1. The summed E-state index contributed by atoms with van der Waals surface area (Å²) >= 11 is 0. The topological polar surface area (TPSA) is 104 Å². The summed E-state index contributed by atoms with van der Waals surface area (Å²) in [4.78, 5) is 0. The average molecular weight is 278 g/mol. The molecule has 7 nitrogen and oxygen atoms in total. The molecule has 0 spiro atoms. The molecule has 2 heterocycles. The number of benzene rings is 1. The maximum Gasteiger partial charge on any atom is 0.273 e. The summed E-state index contributed by atoms with van der Waals surface area (Å²) in [6.45, 7) is 0. The van der Waals surface area contributed by atoms with Gasteiger partial charge in [-0.1, -0.05) is 18.2 Å². The standard InChI is InChI=1S/C11H10N4O3S/c1-15-10(13-14-11(15)19(12,16)17)8-6-18-9-5-3-2-4-7(8)9/h2-6H,1H3,(H2,12,16,17). The molecule has 0 radical (unpaired) electrons. The van der Waals surface area contributed by atoms with E-state index in [1.807, 2.05) is 24.3 Å². The normalized spacial score (nSPS) is 12.1. The van der Waals surface area contributed by atoms with Crippen molar-refractivity contribution in [2.75, 3.05) is 0 Å². The third kappa shape index (κ3) is 1.81. The first-order chi connectivity index (χ1) is 8.98. The molecule has 19 heavy (non-hydrogen) atoms. The van der Waals surface area contributed by atoms with Crippen LogP contribution < -0.4 is 5.14 Å². The van der Waals surface area contributed by atoms with Crippen molar-refractivity contribution in [1.82, 2.24) is 14.8 Å². The van der Waals surface area contributed by atoms with Gasteiger partial charge in [0.1, 0.15) is 11.8 Å². The molecule has 0 unspecified atom stereocenters. The molecule has 2 N–H and O–H groups in total. The van der Waals surface area contributed by atoms with Gasteiger partial charge in [0.15, 0.2) is 5.82 Å². The van der Waals surface area contributed by atoms with Crippen molar-refractivity contribution in [3.05, 3.63) is 30.5 Å². The monoisotopic (exact) mass is 278 g/mol. The van der Waals surface area contributed by atoms with Crippen molar-refractivity contribution in [3.8, 4) is 11.4 Å². The number of nitrogens with two attached hydrogens (primary N) is 1. The van der Waals surface area contributed by atoms with Gasteiger partial charge < -0.3 is 4.42 Å². The van der Waals surface area contributed by atoms with Crippen molar-refractivity contribution in [2.45, 2.75) is 5.16 Å². The Labute approximate surface area is 108 Å². The minimum atomic E-state index is -3.90. The van der Waals surface area contributed by atoms with E-state index in [9.17, 15) is 8.42 Å². The predicted octanol–water partition coefficient (Wildman–Crippen LogP) is 0.876. The van der Waals surface area contributed by atoms with E-state index in [1.54, 1.807) is 0 Å². The Morgan fingerprint density at radius 1 is 1.26 bits per heavy atom. The molecule has 0 aliphatic rings. The fourth-order valence-electron chi connectivity index (χ4n) is 1.95. The summed E-state index contributed by atoms with van der Waals surface area (Å²) in [6, 6.07) is 7.38. The molecule has 2 aromatic heterocycles. The lowest BCUT2D eigenvalue weighted by molar-refractivity contribution is 0.580. The summed E-state index contributed by atoms with van der Waals surface area (Å²) in [5.74, 6) is 0.383. The molecule has 0 saturated heterocycles. The lowest BCUT2D eigenvalue weighted by atomic mass is 10.2. The molecule has 0 atom stereocenters. The number of para-hydroxylation sites is 1. The van der Waals surface area contributed by atoms with Gasteiger partial charge in [-0.15, -0.1) is 10.2 Å². The van der Waals surface area contributed by atoms with Crippen molar-refractivity contribution in [3.63, 3.8) is 0 Å². The second-order valence-electron chi connectivity index (χ2n) is 4.06. The fourth-order valence-corrected chi connectivity index (χ4v) is 2.57. The van der Waals surface area contributed by atoms with Crippen LogP contribution in [0.15, 0.2) is 40.1 Å². The Balaban J connectivity index is 2.26. The quantitative estimate of drug-likeness (QED) is 0.749. The number of fused-ring (bicyclic) bond motifs is 1. The van der Waals surface area contributed by atoms with Crippen LogP contribution in [-0.2, 0) is 17.1 Å². The smallest absolute Gasteiger partial charge is 0.273 e. The first-order valence-corrected chi connectivity index (χ1v) is 6.92. The molecule has 98 valence electrons. The number of hydrogen-bond acceptors (Lipinski definition) is 5. The van der Waals surface area contributed by atoms with Gasteiger partial charge in [-0.3, -0.25) is 4.57 Å². The number of nitrogens with zero attached hydrogens (tertiary/aromatic N) is 3. The number of aromatic nitrogens is 3. The Morgan fingerprint density at radius 2 is 2.00 bits per heavy atom. The average Bonchev–Trinajstić information content (AvgIpc) is 2.91. The molecular weight excluding hydrogens is 268 g/mol. The largest absolute Gasteiger partial charge is 0.464 e. The van der Waals surface area contributed by atoms with E-state index in [2.05, 4.69) is 10.2 Å². The number of hydrogen-bond donors (Lipinski definition) is 1. The van der Waals surface area contributed by atoms with Crippen LogP contribution in [0, 0.1) is 0 Å². The first kappa shape index (κ1) is 11.9. The van der Waals surface area contributed by atoms with Gasteiger partial charge in [-0.05, 0) is 6.07 Å². The van der Waals surface area contributed by atoms with Crippen LogP contribution in [0.1, 0.15) is 0 Å². The molecule has 0 saturated carbocycles. The summed E-state index contributed by atoms with van der Waals surface area (Å²) in [6.07, 6.45) is 1.52. The second kappa shape index (κ2) is 3.90. The molecule has 0 aliphatic heterocycles. The maximum absolute atomic E-state index is 11.3. The fraction of sp³-hybridized carbons (Fsp3) is 0.0909. The minimum absolute atomic E-state index is 0.284. The number of primary sulfonamides is 1.